The van der Waals surface area contributed by atoms with Crippen LogP contribution in [0.15, 0.2) is 59.4 Å². The molecule has 6 heteroatoms. The molecule has 24 heavy (non-hydrogen) atoms. The third-order valence-corrected chi connectivity index (χ3v) is 3.92. The molecular weight excluding hydrogens is 324 g/mol. The van der Waals surface area contributed by atoms with Crippen molar-refractivity contribution in [2.45, 2.75) is 25.9 Å². The SMILES string of the molecule is O=c1[nH]c(CNc2cccc(Cl)c2)nn1CCCc1ccccc1. The zero-order valence-electron chi connectivity index (χ0n) is 13.2. The second kappa shape index (κ2) is 7.84. The van der Waals surface area contributed by atoms with E-state index in [1.54, 1.807) is 0 Å². The Labute approximate surface area is 145 Å². The lowest BCUT2D eigenvalue weighted by molar-refractivity contribution is 0.556. The summed E-state index contributed by atoms with van der Waals surface area (Å²) >= 11 is 5.95. The fraction of sp³-hybridized carbons (Fsp3) is 0.222. The second-order valence-corrected chi connectivity index (χ2v) is 5.99. The highest BCUT2D eigenvalue weighted by Crippen LogP contribution is 2.15. The van der Waals surface area contributed by atoms with Crippen LogP contribution in [0.25, 0.3) is 0 Å². The zero-order chi connectivity index (χ0) is 16.8. The van der Waals surface area contributed by atoms with Crippen molar-refractivity contribution >= 4 is 17.3 Å². The number of aryl methyl sites for hydroxylation is 2. The molecular formula is C18H19ClN4O. The third kappa shape index (κ3) is 4.49. The van der Waals surface area contributed by atoms with E-state index in [0.717, 1.165) is 18.5 Å². The number of benzene rings is 2. The number of halogens is 1. The van der Waals surface area contributed by atoms with Gasteiger partial charge in [0.1, 0.15) is 5.82 Å². The van der Waals surface area contributed by atoms with Crippen LogP contribution >= 0.6 is 11.6 Å². The van der Waals surface area contributed by atoms with Gasteiger partial charge in [0.15, 0.2) is 0 Å². The molecule has 0 saturated carbocycles. The molecule has 0 unspecified atom stereocenters. The first-order valence-electron chi connectivity index (χ1n) is 7.90. The average Bonchev–Trinajstić information content (AvgIpc) is 2.94. The summed E-state index contributed by atoms with van der Waals surface area (Å²) in [6.07, 6.45) is 1.80. The van der Waals surface area contributed by atoms with Gasteiger partial charge in [0.25, 0.3) is 0 Å². The summed E-state index contributed by atoms with van der Waals surface area (Å²) in [6, 6.07) is 17.7. The molecule has 0 saturated heterocycles. The highest BCUT2D eigenvalue weighted by molar-refractivity contribution is 6.30. The highest BCUT2D eigenvalue weighted by atomic mass is 35.5. The van der Waals surface area contributed by atoms with Gasteiger partial charge in [-0.25, -0.2) is 9.48 Å². The number of nitrogens with zero attached hydrogens (tertiary/aromatic N) is 2. The summed E-state index contributed by atoms with van der Waals surface area (Å²) < 4.78 is 1.48. The summed E-state index contributed by atoms with van der Waals surface area (Å²) in [7, 11) is 0. The molecule has 2 N–H and O–H groups in total. The molecule has 1 heterocycles. The Hall–Kier alpha value is -2.53. The minimum Gasteiger partial charge on any atom is -0.378 e. The largest absolute Gasteiger partial charge is 0.378 e. The third-order valence-electron chi connectivity index (χ3n) is 3.69. The summed E-state index contributed by atoms with van der Waals surface area (Å²) in [6.45, 7) is 1.04. The maximum atomic E-state index is 11.9. The monoisotopic (exact) mass is 342 g/mol. The topological polar surface area (TPSA) is 62.7 Å². The van der Waals surface area contributed by atoms with Gasteiger partial charge in [-0.15, -0.1) is 0 Å². The lowest BCUT2D eigenvalue weighted by Crippen LogP contribution is -2.18. The van der Waals surface area contributed by atoms with Crippen molar-refractivity contribution in [1.82, 2.24) is 14.8 Å². The van der Waals surface area contributed by atoms with E-state index in [2.05, 4.69) is 27.5 Å². The fourth-order valence-electron chi connectivity index (χ4n) is 2.50. The van der Waals surface area contributed by atoms with E-state index in [4.69, 9.17) is 11.6 Å². The Morgan fingerprint density at radius 1 is 1.12 bits per heavy atom. The van der Waals surface area contributed by atoms with Gasteiger partial charge in [0.05, 0.1) is 6.54 Å². The predicted molar refractivity (Wildman–Crippen MR) is 96.4 cm³/mol. The Balaban J connectivity index is 1.54. The van der Waals surface area contributed by atoms with Crippen LogP contribution in [0.2, 0.25) is 5.02 Å². The maximum Gasteiger partial charge on any atom is 0.343 e. The van der Waals surface area contributed by atoms with Gasteiger partial charge in [-0.2, -0.15) is 5.10 Å². The van der Waals surface area contributed by atoms with E-state index < -0.39 is 0 Å². The maximum absolute atomic E-state index is 11.9. The Morgan fingerprint density at radius 2 is 1.96 bits per heavy atom. The standard InChI is InChI=1S/C18H19ClN4O/c19-15-9-4-10-16(12-15)20-13-17-21-18(24)23(22-17)11-5-8-14-6-2-1-3-7-14/h1-4,6-7,9-10,12,20H,5,8,11,13H2,(H,21,22,24). The van der Waals surface area contributed by atoms with Crippen LogP contribution in [0.5, 0.6) is 0 Å². The second-order valence-electron chi connectivity index (χ2n) is 5.55. The van der Waals surface area contributed by atoms with Gasteiger partial charge < -0.3 is 5.32 Å². The molecule has 0 aliphatic carbocycles. The predicted octanol–water partition coefficient (Wildman–Crippen LogP) is 3.47. The van der Waals surface area contributed by atoms with Crippen molar-refractivity contribution in [3.63, 3.8) is 0 Å². The minimum atomic E-state index is -0.175. The highest BCUT2D eigenvalue weighted by Gasteiger charge is 2.05. The summed E-state index contributed by atoms with van der Waals surface area (Å²) in [4.78, 5) is 14.7. The molecule has 5 nitrogen and oxygen atoms in total. The number of aromatic amines is 1. The van der Waals surface area contributed by atoms with Crippen LogP contribution in [0.4, 0.5) is 5.69 Å². The van der Waals surface area contributed by atoms with Crippen LogP contribution < -0.4 is 11.0 Å². The number of anilines is 1. The number of H-pyrrole nitrogens is 1. The van der Waals surface area contributed by atoms with E-state index in [0.29, 0.717) is 23.9 Å². The normalized spacial score (nSPS) is 10.7. The minimum absolute atomic E-state index is 0.175. The zero-order valence-corrected chi connectivity index (χ0v) is 14.0. The number of hydrogen-bond acceptors (Lipinski definition) is 3. The number of hydrogen-bond donors (Lipinski definition) is 2. The van der Waals surface area contributed by atoms with Crippen molar-refractivity contribution in [3.05, 3.63) is 81.5 Å². The van der Waals surface area contributed by atoms with Crippen LogP contribution in [-0.4, -0.2) is 14.8 Å². The van der Waals surface area contributed by atoms with Crippen molar-refractivity contribution < 1.29 is 0 Å². The summed E-state index contributed by atoms with van der Waals surface area (Å²) in [5.41, 5.74) is 1.98. The number of rotatable bonds is 7. The number of aromatic nitrogens is 3. The van der Waals surface area contributed by atoms with E-state index in [1.807, 2.05) is 42.5 Å². The Kier molecular flexibility index (Phi) is 5.33. The Bertz CT molecular complexity index is 841. The van der Waals surface area contributed by atoms with E-state index in [-0.39, 0.29) is 5.69 Å². The van der Waals surface area contributed by atoms with Crippen LogP contribution in [0, 0.1) is 0 Å². The van der Waals surface area contributed by atoms with Crippen LogP contribution in [0.1, 0.15) is 17.8 Å². The molecule has 1 aromatic heterocycles. The van der Waals surface area contributed by atoms with Crippen molar-refractivity contribution in [2.75, 3.05) is 5.32 Å². The first-order chi connectivity index (χ1) is 11.7. The lowest BCUT2D eigenvalue weighted by Gasteiger charge is -2.04. The molecule has 0 atom stereocenters. The summed E-state index contributed by atoms with van der Waals surface area (Å²) in [5, 5.41) is 8.19. The summed E-state index contributed by atoms with van der Waals surface area (Å²) in [5.74, 6) is 0.611. The molecule has 124 valence electrons. The average molecular weight is 343 g/mol. The van der Waals surface area contributed by atoms with Crippen molar-refractivity contribution in [2.24, 2.45) is 0 Å². The molecule has 0 bridgehead atoms. The van der Waals surface area contributed by atoms with Gasteiger partial charge in [0, 0.05) is 17.3 Å². The van der Waals surface area contributed by atoms with Crippen molar-refractivity contribution in [3.8, 4) is 0 Å². The van der Waals surface area contributed by atoms with Gasteiger partial charge in [-0.05, 0) is 36.6 Å². The van der Waals surface area contributed by atoms with Gasteiger partial charge in [0.2, 0.25) is 0 Å². The molecule has 2 aromatic carbocycles. The van der Waals surface area contributed by atoms with Gasteiger partial charge in [-0.1, -0.05) is 48.0 Å². The smallest absolute Gasteiger partial charge is 0.343 e. The molecule has 3 rings (SSSR count). The lowest BCUT2D eigenvalue weighted by atomic mass is 10.1. The first kappa shape index (κ1) is 16.3. The van der Waals surface area contributed by atoms with Gasteiger partial charge >= 0.3 is 5.69 Å². The van der Waals surface area contributed by atoms with Gasteiger partial charge in [-0.3, -0.25) is 4.98 Å². The van der Waals surface area contributed by atoms with E-state index in [1.165, 1.54) is 10.2 Å². The molecule has 0 fully saturated rings. The molecule has 3 aromatic rings. The fourth-order valence-corrected chi connectivity index (χ4v) is 2.69. The Morgan fingerprint density at radius 3 is 2.75 bits per heavy atom. The van der Waals surface area contributed by atoms with E-state index >= 15 is 0 Å². The molecule has 0 radical (unpaired) electrons. The van der Waals surface area contributed by atoms with E-state index in [9.17, 15) is 4.79 Å². The molecule has 0 aliphatic rings. The molecule has 0 amide bonds. The van der Waals surface area contributed by atoms with Crippen molar-refractivity contribution in [1.29, 1.82) is 0 Å². The molecule has 0 spiro atoms. The number of nitrogens with one attached hydrogen (secondary N) is 2. The van der Waals surface area contributed by atoms with Crippen LogP contribution in [0.3, 0.4) is 0 Å². The van der Waals surface area contributed by atoms with Crippen LogP contribution in [-0.2, 0) is 19.5 Å². The first-order valence-corrected chi connectivity index (χ1v) is 8.28. The quantitative estimate of drug-likeness (QED) is 0.691. The molecule has 0 aliphatic heterocycles.